The van der Waals surface area contributed by atoms with Gasteiger partial charge in [0.2, 0.25) is 5.91 Å². The highest BCUT2D eigenvalue weighted by Gasteiger charge is 2.26. The van der Waals surface area contributed by atoms with Crippen LogP contribution in [0.25, 0.3) is 0 Å². The molecular formula is C24H40N2O. The molecule has 3 heteroatoms. The molecule has 2 heterocycles. The van der Waals surface area contributed by atoms with Crippen LogP contribution in [0.1, 0.15) is 96.8 Å². The molecule has 27 heavy (non-hydrogen) atoms. The third kappa shape index (κ3) is 6.47. The predicted molar refractivity (Wildman–Crippen MR) is 114 cm³/mol. The van der Waals surface area contributed by atoms with E-state index in [0.717, 1.165) is 37.8 Å². The SMILES string of the molecule is CCCCCC1C=NC(C2CC=C(CCC(=O)N3CCCCC3)CC2)CC1. The zero-order chi connectivity index (χ0) is 18.9. The molecule has 3 rings (SSSR count). The Bertz CT molecular complexity index is 518. The van der Waals surface area contributed by atoms with Gasteiger partial charge in [0, 0.05) is 25.7 Å². The van der Waals surface area contributed by atoms with Crippen LogP contribution in [-0.2, 0) is 4.79 Å². The smallest absolute Gasteiger partial charge is 0.222 e. The van der Waals surface area contributed by atoms with Gasteiger partial charge in [-0.3, -0.25) is 9.79 Å². The monoisotopic (exact) mass is 372 g/mol. The second-order valence-electron chi connectivity index (χ2n) is 9.04. The summed E-state index contributed by atoms with van der Waals surface area (Å²) in [6, 6.07) is 0.556. The minimum Gasteiger partial charge on any atom is -0.343 e. The largest absolute Gasteiger partial charge is 0.343 e. The lowest BCUT2D eigenvalue weighted by Crippen LogP contribution is -2.35. The van der Waals surface area contributed by atoms with E-state index < -0.39 is 0 Å². The summed E-state index contributed by atoms with van der Waals surface area (Å²) < 4.78 is 0. The Labute approximate surface area is 166 Å². The van der Waals surface area contributed by atoms with Crippen LogP contribution >= 0.6 is 0 Å². The maximum absolute atomic E-state index is 12.4. The van der Waals surface area contributed by atoms with Gasteiger partial charge < -0.3 is 4.90 Å². The van der Waals surface area contributed by atoms with Gasteiger partial charge in [0.15, 0.2) is 0 Å². The molecule has 3 aliphatic rings. The van der Waals surface area contributed by atoms with Crippen molar-refractivity contribution in [2.45, 2.75) is 103 Å². The van der Waals surface area contributed by atoms with E-state index in [1.807, 2.05) is 0 Å². The molecule has 0 aromatic rings. The number of rotatable bonds is 8. The van der Waals surface area contributed by atoms with Crippen molar-refractivity contribution in [3.8, 4) is 0 Å². The van der Waals surface area contributed by atoms with Gasteiger partial charge in [0.1, 0.15) is 0 Å². The fraction of sp³-hybridized carbons (Fsp3) is 0.833. The number of allylic oxidation sites excluding steroid dienone is 2. The third-order valence-corrected chi connectivity index (χ3v) is 6.96. The number of unbranched alkanes of at least 4 members (excludes halogenated alkanes) is 2. The fourth-order valence-electron chi connectivity index (χ4n) is 5.05. The molecule has 0 radical (unpaired) electrons. The Hall–Kier alpha value is -1.12. The van der Waals surface area contributed by atoms with E-state index in [1.165, 1.54) is 82.6 Å². The molecule has 0 saturated carbocycles. The molecular weight excluding hydrogens is 332 g/mol. The summed E-state index contributed by atoms with van der Waals surface area (Å²) in [6.07, 6.45) is 21.8. The summed E-state index contributed by atoms with van der Waals surface area (Å²) in [5, 5.41) is 0. The Morgan fingerprint density at radius 2 is 2.00 bits per heavy atom. The first kappa shape index (κ1) is 20.6. The molecule has 0 N–H and O–H groups in total. The average Bonchev–Trinajstić information content (AvgIpc) is 2.74. The molecule has 1 saturated heterocycles. The normalized spacial score (nSPS) is 28.9. The molecule has 3 unspecified atom stereocenters. The van der Waals surface area contributed by atoms with E-state index in [4.69, 9.17) is 4.99 Å². The van der Waals surface area contributed by atoms with Crippen molar-refractivity contribution >= 4 is 12.1 Å². The number of hydrogen-bond donors (Lipinski definition) is 0. The molecule has 1 fully saturated rings. The summed E-state index contributed by atoms with van der Waals surface area (Å²) in [4.78, 5) is 19.4. The molecule has 1 amide bonds. The standard InChI is InChI=1S/C24H40N2O/c1-2-3-5-8-21-11-15-23(25-19-21)22-13-9-20(10-14-22)12-16-24(27)26-17-6-4-7-18-26/h9,19,21-23H,2-8,10-18H2,1H3. The average molecular weight is 373 g/mol. The maximum atomic E-state index is 12.4. The molecule has 0 aromatic heterocycles. The predicted octanol–water partition coefficient (Wildman–Crippen LogP) is 5.94. The van der Waals surface area contributed by atoms with Crippen molar-refractivity contribution in [2.75, 3.05) is 13.1 Å². The van der Waals surface area contributed by atoms with Crippen molar-refractivity contribution in [1.29, 1.82) is 0 Å². The van der Waals surface area contributed by atoms with Gasteiger partial charge in [-0.2, -0.15) is 0 Å². The van der Waals surface area contributed by atoms with E-state index in [1.54, 1.807) is 0 Å². The lowest BCUT2D eigenvalue weighted by Gasteiger charge is -2.31. The summed E-state index contributed by atoms with van der Waals surface area (Å²) in [7, 11) is 0. The van der Waals surface area contributed by atoms with Crippen LogP contribution in [0.5, 0.6) is 0 Å². The molecule has 0 spiro atoms. The molecule has 3 nitrogen and oxygen atoms in total. The van der Waals surface area contributed by atoms with Crippen molar-refractivity contribution < 1.29 is 4.79 Å². The van der Waals surface area contributed by atoms with Crippen LogP contribution in [-0.4, -0.2) is 36.2 Å². The number of amides is 1. The second kappa shape index (κ2) is 11.0. The minimum absolute atomic E-state index is 0.378. The Morgan fingerprint density at radius 3 is 2.67 bits per heavy atom. The number of aliphatic imine (C=N–C) groups is 1. The van der Waals surface area contributed by atoms with Crippen LogP contribution in [0.15, 0.2) is 16.6 Å². The number of hydrogen-bond acceptors (Lipinski definition) is 2. The van der Waals surface area contributed by atoms with Crippen LogP contribution < -0.4 is 0 Å². The summed E-state index contributed by atoms with van der Waals surface area (Å²) in [5.41, 5.74) is 1.52. The fourth-order valence-corrected chi connectivity index (χ4v) is 5.05. The van der Waals surface area contributed by atoms with E-state index in [0.29, 0.717) is 11.9 Å². The zero-order valence-corrected chi connectivity index (χ0v) is 17.5. The number of likely N-dealkylation sites (tertiary alicyclic amines) is 1. The lowest BCUT2D eigenvalue weighted by atomic mass is 9.79. The van der Waals surface area contributed by atoms with Crippen molar-refractivity contribution in [1.82, 2.24) is 4.90 Å². The van der Waals surface area contributed by atoms with Crippen LogP contribution in [0.2, 0.25) is 0 Å². The molecule has 1 aliphatic carbocycles. The van der Waals surface area contributed by atoms with Crippen LogP contribution in [0.3, 0.4) is 0 Å². The highest BCUT2D eigenvalue weighted by Crippen LogP contribution is 2.34. The van der Waals surface area contributed by atoms with E-state index >= 15 is 0 Å². The highest BCUT2D eigenvalue weighted by molar-refractivity contribution is 5.76. The summed E-state index contributed by atoms with van der Waals surface area (Å²) in [6.45, 7) is 4.25. The van der Waals surface area contributed by atoms with Crippen molar-refractivity contribution in [3.05, 3.63) is 11.6 Å². The summed E-state index contributed by atoms with van der Waals surface area (Å²) >= 11 is 0. The quantitative estimate of drug-likeness (QED) is 0.383. The first-order valence-electron chi connectivity index (χ1n) is 11.7. The van der Waals surface area contributed by atoms with E-state index in [-0.39, 0.29) is 0 Å². The Balaban J connectivity index is 1.37. The first-order valence-corrected chi connectivity index (χ1v) is 11.7. The topological polar surface area (TPSA) is 32.7 Å². The van der Waals surface area contributed by atoms with Gasteiger partial charge in [0.05, 0.1) is 6.04 Å². The van der Waals surface area contributed by atoms with Gasteiger partial charge >= 0.3 is 0 Å². The highest BCUT2D eigenvalue weighted by atomic mass is 16.2. The minimum atomic E-state index is 0.378. The van der Waals surface area contributed by atoms with E-state index in [9.17, 15) is 4.79 Å². The third-order valence-electron chi connectivity index (χ3n) is 6.96. The van der Waals surface area contributed by atoms with Crippen LogP contribution in [0.4, 0.5) is 0 Å². The second-order valence-corrected chi connectivity index (χ2v) is 9.04. The Kier molecular flexibility index (Phi) is 8.41. The van der Waals surface area contributed by atoms with E-state index in [2.05, 4.69) is 24.1 Å². The van der Waals surface area contributed by atoms with Crippen molar-refractivity contribution in [3.63, 3.8) is 0 Å². The number of carbonyl (C=O) groups excluding carboxylic acids is 1. The first-order chi connectivity index (χ1) is 13.3. The van der Waals surface area contributed by atoms with Crippen molar-refractivity contribution in [2.24, 2.45) is 16.8 Å². The number of piperidine rings is 1. The zero-order valence-electron chi connectivity index (χ0n) is 17.5. The molecule has 2 aliphatic heterocycles. The number of carbonyl (C=O) groups is 1. The van der Waals surface area contributed by atoms with Gasteiger partial charge in [-0.1, -0.05) is 37.8 Å². The number of nitrogens with zero attached hydrogens (tertiary/aromatic N) is 2. The molecule has 3 atom stereocenters. The molecule has 152 valence electrons. The summed E-state index contributed by atoms with van der Waals surface area (Å²) in [5.74, 6) is 1.85. The van der Waals surface area contributed by atoms with Gasteiger partial charge in [-0.15, -0.1) is 0 Å². The molecule has 0 aromatic carbocycles. The maximum Gasteiger partial charge on any atom is 0.222 e. The van der Waals surface area contributed by atoms with Gasteiger partial charge in [-0.25, -0.2) is 0 Å². The lowest BCUT2D eigenvalue weighted by molar-refractivity contribution is -0.132. The molecule has 0 bridgehead atoms. The van der Waals surface area contributed by atoms with Gasteiger partial charge in [-0.05, 0) is 76.0 Å². The van der Waals surface area contributed by atoms with Crippen LogP contribution in [0, 0.1) is 11.8 Å². The van der Waals surface area contributed by atoms with Gasteiger partial charge in [0.25, 0.3) is 0 Å². The Morgan fingerprint density at radius 1 is 1.15 bits per heavy atom.